The molecular weight excluding hydrogens is 704 g/mol. The van der Waals surface area contributed by atoms with Crippen molar-refractivity contribution >= 4 is 56.7 Å². The number of hydrogen-bond acceptors (Lipinski definition) is 11. The number of aromatic nitrogens is 2. The molecule has 2 aromatic rings. The predicted molar refractivity (Wildman–Crippen MR) is 173 cm³/mol. The minimum absolute atomic E-state index is 0.0317. The van der Waals surface area contributed by atoms with E-state index in [-0.39, 0.29) is 64.1 Å². The van der Waals surface area contributed by atoms with Crippen molar-refractivity contribution in [1.29, 1.82) is 0 Å². The number of piperidine rings is 1. The number of sulfonamides is 1. The van der Waals surface area contributed by atoms with Gasteiger partial charge < -0.3 is 30.7 Å². The molecule has 4 rings (SSSR count). The van der Waals surface area contributed by atoms with Crippen LogP contribution < -0.4 is 25.4 Å². The van der Waals surface area contributed by atoms with Gasteiger partial charge in [-0.1, -0.05) is 30.1 Å². The Balaban J connectivity index is 1.35. The van der Waals surface area contributed by atoms with Gasteiger partial charge in [-0.25, -0.2) is 23.1 Å². The normalized spacial score (nSPS) is 18.2. The summed E-state index contributed by atoms with van der Waals surface area (Å²) < 4.78 is 67.1. The van der Waals surface area contributed by atoms with Gasteiger partial charge in [0, 0.05) is 62.9 Å². The summed E-state index contributed by atoms with van der Waals surface area (Å²) in [6.07, 6.45) is 2.20. The van der Waals surface area contributed by atoms with Crippen molar-refractivity contribution in [3.63, 3.8) is 0 Å². The van der Waals surface area contributed by atoms with E-state index in [1.165, 1.54) is 22.9 Å². The maximum Gasteiger partial charge on any atom is 0.511 e. The summed E-state index contributed by atoms with van der Waals surface area (Å²) in [7, 11) is -5.53. The first kappa shape index (κ1) is 37.7. The number of piperazine rings is 1. The lowest BCUT2D eigenvalue weighted by Crippen LogP contribution is -2.58. The summed E-state index contributed by atoms with van der Waals surface area (Å²) in [5.74, 6) is -0.586. The van der Waals surface area contributed by atoms with Gasteiger partial charge in [-0.05, 0) is 37.5 Å². The quantitative estimate of drug-likeness (QED) is 0.234. The second-order valence-corrected chi connectivity index (χ2v) is 13.7. The second-order valence-electron chi connectivity index (χ2n) is 11.2. The van der Waals surface area contributed by atoms with Gasteiger partial charge in [0.1, 0.15) is 12.4 Å². The molecule has 2 amide bonds. The number of rotatable bonds is 12. The van der Waals surface area contributed by atoms with Gasteiger partial charge in [-0.15, -0.1) is 0 Å². The fourth-order valence-electron chi connectivity index (χ4n) is 5.73. The molecule has 1 aromatic heterocycles. The number of halogens is 5. The fraction of sp³-hybridized carbons (Fsp3) is 0.571. The molecule has 0 bridgehead atoms. The van der Waals surface area contributed by atoms with E-state index >= 15 is 0 Å². The highest BCUT2D eigenvalue weighted by Crippen LogP contribution is 2.31. The van der Waals surface area contributed by atoms with Crippen LogP contribution in [0.25, 0.3) is 0 Å². The van der Waals surface area contributed by atoms with Crippen LogP contribution in [0, 0.1) is 0 Å². The van der Waals surface area contributed by atoms with Crippen molar-refractivity contribution in [2.75, 3.05) is 69.7 Å². The highest BCUT2D eigenvalue weighted by atomic mass is 35.5. The average molecular weight is 742 g/mol. The summed E-state index contributed by atoms with van der Waals surface area (Å²) in [4.78, 5) is 40.4. The number of likely N-dealkylation sites (tertiary alicyclic amines) is 1. The largest absolute Gasteiger partial charge is 0.511 e. The number of amides is 2. The SMILES string of the molecule is CCC1CN(c2nc(N)c(C(=O)NCCO)nc2Cl)CCN1C1CCN(C(=O)c2ccc(Cl)cc2OCCNS(=O)(=O)C(F)(F)F)CC1. The van der Waals surface area contributed by atoms with Gasteiger partial charge >= 0.3 is 15.5 Å². The third-order valence-electron chi connectivity index (χ3n) is 8.13. The van der Waals surface area contributed by atoms with Crippen LogP contribution in [-0.2, 0) is 10.0 Å². The molecule has 14 nitrogen and oxygen atoms in total. The number of aliphatic hydroxyl groups is 1. The Morgan fingerprint density at radius 1 is 1.12 bits per heavy atom. The lowest BCUT2D eigenvalue weighted by Gasteiger charge is -2.47. The number of alkyl halides is 3. The molecule has 1 atom stereocenters. The zero-order valence-corrected chi connectivity index (χ0v) is 28.3. The highest BCUT2D eigenvalue weighted by Gasteiger charge is 2.45. The first-order chi connectivity index (χ1) is 22.7. The van der Waals surface area contributed by atoms with Crippen molar-refractivity contribution in [2.45, 2.75) is 43.8 Å². The van der Waals surface area contributed by atoms with Crippen LogP contribution in [0.15, 0.2) is 18.2 Å². The molecule has 0 saturated carbocycles. The topological polar surface area (TPSA) is 183 Å². The van der Waals surface area contributed by atoms with Crippen LogP contribution in [0.2, 0.25) is 10.2 Å². The summed E-state index contributed by atoms with van der Waals surface area (Å²) in [6.45, 7) is 3.48. The van der Waals surface area contributed by atoms with Crippen LogP contribution in [0.1, 0.15) is 47.0 Å². The smallest absolute Gasteiger partial charge is 0.491 e. The van der Waals surface area contributed by atoms with E-state index < -0.39 is 34.6 Å². The zero-order chi connectivity index (χ0) is 35.2. The molecule has 20 heteroatoms. The van der Waals surface area contributed by atoms with Crippen molar-refractivity contribution in [3.8, 4) is 5.75 Å². The Bertz CT molecular complexity index is 1580. The average Bonchev–Trinajstić information content (AvgIpc) is 3.05. The van der Waals surface area contributed by atoms with E-state index in [4.69, 9.17) is 38.8 Å². The molecule has 0 radical (unpaired) electrons. The number of carbonyl (C=O) groups excluding carboxylic acids is 2. The molecule has 1 aromatic carbocycles. The maximum atomic E-state index is 13.5. The van der Waals surface area contributed by atoms with E-state index in [1.807, 2.05) is 4.90 Å². The maximum absolute atomic E-state index is 13.5. The fourth-order valence-corrected chi connectivity index (χ4v) is 6.65. The first-order valence-corrected chi connectivity index (χ1v) is 17.4. The molecule has 48 heavy (non-hydrogen) atoms. The second kappa shape index (κ2) is 16.0. The molecule has 2 saturated heterocycles. The lowest BCUT2D eigenvalue weighted by molar-refractivity contribution is -0.0448. The van der Waals surface area contributed by atoms with Crippen LogP contribution in [0.4, 0.5) is 24.8 Å². The van der Waals surface area contributed by atoms with E-state index in [2.05, 4.69) is 27.1 Å². The van der Waals surface area contributed by atoms with E-state index in [0.717, 1.165) is 6.42 Å². The van der Waals surface area contributed by atoms with E-state index in [1.54, 1.807) is 4.90 Å². The molecule has 266 valence electrons. The number of carbonyl (C=O) groups is 2. The van der Waals surface area contributed by atoms with Gasteiger partial charge in [0.2, 0.25) is 0 Å². The number of nitrogens with zero attached hydrogens (tertiary/aromatic N) is 5. The Morgan fingerprint density at radius 2 is 1.83 bits per heavy atom. The number of benzene rings is 1. The number of hydrogen-bond donors (Lipinski definition) is 4. The van der Waals surface area contributed by atoms with Crippen molar-refractivity contribution in [2.24, 2.45) is 0 Å². The van der Waals surface area contributed by atoms with Crippen LogP contribution >= 0.6 is 23.2 Å². The summed E-state index contributed by atoms with van der Waals surface area (Å²) in [6, 6.07) is 4.63. The summed E-state index contributed by atoms with van der Waals surface area (Å²) in [5.41, 5.74) is 0.626. The third-order valence-corrected chi connectivity index (χ3v) is 9.81. The highest BCUT2D eigenvalue weighted by molar-refractivity contribution is 7.90. The Kier molecular flexibility index (Phi) is 12.6. The van der Waals surface area contributed by atoms with Gasteiger partial charge in [0.05, 0.1) is 12.2 Å². The zero-order valence-electron chi connectivity index (χ0n) is 26.0. The number of ether oxygens (including phenoxy) is 1. The van der Waals surface area contributed by atoms with E-state index in [0.29, 0.717) is 51.4 Å². The van der Waals surface area contributed by atoms with Gasteiger partial charge in [-0.2, -0.15) is 13.2 Å². The third kappa shape index (κ3) is 8.89. The predicted octanol–water partition coefficient (Wildman–Crippen LogP) is 2.11. The van der Waals surface area contributed by atoms with Crippen molar-refractivity contribution in [1.82, 2.24) is 29.8 Å². The molecule has 0 spiro atoms. The molecule has 2 aliphatic rings. The Morgan fingerprint density at radius 3 is 2.48 bits per heavy atom. The molecule has 0 aliphatic carbocycles. The van der Waals surface area contributed by atoms with E-state index in [9.17, 15) is 31.2 Å². The molecule has 5 N–H and O–H groups in total. The Labute approximate surface area is 285 Å². The molecule has 2 fully saturated rings. The number of nitrogen functional groups attached to an aromatic ring is 1. The number of anilines is 2. The van der Waals surface area contributed by atoms with Gasteiger partial charge in [0.15, 0.2) is 22.5 Å². The van der Waals surface area contributed by atoms with Crippen LogP contribution in [0.3, 0.4) is 0 Å². The minimum Gasteiger partial charge on any atom is -0.491 e. The monoisotopic (exact) mass is 740 g/mol. The standard InChI is InChI=1S/C28H37Cl2F3N8O6S/c1-2-18-16-40(25-23(30)37-22(24(34)38-25)26(43)35-7-13-42)11-12-41(18)19-5-9-39(10-6-19)27(44)20-4-3-17(29)15-21(20)47-14-8-36-48(45,46)28(31,32)33/h3-4,15,18-19,36,42H,2,5-14,16H2,1H3,(H2,34,38)(H,35,43). The Hall–Kier alpha value is -3.16. The molecule has 1 unspecified atom stereocenters. The summed E-state index contributed by atoms with van der Waals surface area (Å²) in [5, 5.41) is 11.7. The summed E-state index contributed by atoms with van der Waals surface area (Å²) >= 11 is 12.5. The minimum atomic E-state index is -5.53. The van der Waals surface area contributed by atoms with Gasteiger partial charge in [-0.3, -0.25) is 14.5 Å². The van der Waals surface area contributed by atoms with Crippen molar-refractivity contribution < 1.29 is 41.0 Å². The van der Waals surface area contributed by atoms with Crippen molar-refractivity contribution in [3.05, 3.63) is 39.6 Å². The first-order valence-electron chi connectivity index (χ1n) is 15.2. The molecule has 3 heterocycles. The molecule has 2 aliphatic heterocycles. The van der Waals surface area contributed by atoms with Crippen LogP contribution in [0.5, 0.6) is 5.75 Å². The molecular formula is C28H37Cl2F3N8O6S. The number of nitrogens with one attached hydrogen (secondary N) is 2. The number of nitrogens with two attached hydrogens (primary N) is 1. The lowest BCUT2D eigenvalue weighted by atomic mass is 9.97. The number of aliphatic hydroxyl groups excluding tert-OH is 1. The van der Waals surface area contributed by atoms with Crippen LogP contribution in [-0.4, -0.2) is 122 Å². The van der Waals surface area contributed by atoms with Gasteiger partial charge in [0.25, 0.3) is 11.8 Å².